The summed E-state index contributed by atoms with van der Waals surface area (Å²) in [6, 6.07) is 3.45. The highest BCUT2D eigenvalue weighted by molar-refractivity contribution is 5.94. The van der Waals surface area contributed by atoms with Crippen molar-refractivity contribution in [3.05, 3.63) is 23.9 Å². The number of rotatable bonds is 4. The van der Waals surface area contributed by atoms with E-state index < -0.39 is 0 Å². The van der Waals surface area contributed by atoms with E-state index in [2.05, 4.69) is 10.3 Å². The molecular weight excluding hydrogens is 218 g/mol. The van der Waals surface area contributed by atoms with Gasteiger partial charge in [0.2, 0.25) is 0 Å². The van der Waals surface area contributed by atoms with E-state index in [1.807, 2.05) is 6.92 Å². The number of carbonyl (C=O) groups is 1. The smallest absolute Gasteiger partial charge is 0.251 e. The molecule has 0 atom stereocenters. The van der Waals surface area contributed by atoms with Gasteiger partial charge in [0.05, 0.1) is 6.10 Å². The van der Waals surface area contributed by atoms with Gasteiger partial charge >= 0.3 is 0 Å². The first-order valence-corrected chi connectivity index (χ1v) is 5.83. The lowest BCUT2D eigenvalue weighted by Gasteiger charge is -2.35. The lowest BCUT2D eigenvalue weighted by Crippen LogP contribution is -2.47. The van der Waals surface area contributed by atoms with Gasteiger partial charge in [-0.2, -0.15) is 0 Å². The molecule has 1 aromatic rings. The van der Waals surface area contributed by atoms with Gasteiger partial charge in [-0.15, -0.1) is 0 Å². The second-order valence-corrected chi connectivity index (χ2v) is 4.19. The third kappa shape index (κ3) is 2.94. The molecule has 1 fully saturated rings. The van der Waals surface area contributed by atoms with E-state index in [0.717, 1.165) is 19.4 Å². The van der Waals surface area contributed by atoms with Crippen LogP contribution in [0.5, 0.6) is 0 Å². The van der Waals surface area contributed by atoms with Crippen LogP contribution in [0.25, 0.3) is 0 Å². The Morgan fingerprint density at radius 3 is 3.06 bits per heavy atom. The summed E-state index contributed by atoms with van der Waals surface area (Å²) in [6.07, 6.45) is 3.61. The van der Waals surface area contributed by atoms with Crippen molar-refractivity contribution in [2.75, 3.05) is 12.3 Å². The predicted molar refractivity (Wildman–Crippen MR) is 64.6 cm³/mol. The Bertz CT molecular complexity index is 402. The Labute approximate surface area is 100 Å². The van der Waals surface area contributed by atoms with Crippen LogP contribution in [0.1, 0.15) is 30.1 Å². The summed E-state index contributed by atoms with van der Waals surface area (Å²) in [5, 5.41) is 2.95. The summed E-state index contributed by atoms with van der Waals surface area (Å²) in [5.74, 6) is 0.262. The number of nitrogens with two attached hydrogens (primary N) is 1. The summed E-state index contributed by atoms with van der Waals surface area (Å²) in [7, 11) is 0. The lowest BCUT2D eigenvalue weighted by molar-refractivity contribution is -0.00862. The topological polar surface area (TPSA) is 77.2 Å². The van der Waals surface area contributed by atoms with Gasteiger partial charge in [0.15, 0.2) is 0 Å². The Morgan fingerprint density at radius 2 is 2.41 bits per heavy atom. The van der Waals surface area contributed by atoms with Crippen LogP contribution < -0.4 is 11.1 Å². The fourth-order valence-electron chi connectivity index (χ4n) is 1.91. The molecule has 0 saturated heterocycles. The third-order valence-corrected chi connectivity index (χ3v) is 2.88. The average Bonchev–Trinajstić information content (AvgIpc) is 2.26. The SMILES string of the molecule is CCOC1CC(NC(=O)c2ccnc(N)c2)C1. The van der Waals surface area contributed by atoms with Gasteiger partial charge in [-0.3, -0.25) is 4.79 Å². The van der Waals surface area contributed by atoms with Crippen molar-refractivity contribution in [1.82, 2.24) is 10.3 Å². The molecule has 92 valence electrons. The number of aromatic nitrogens is 1. The molecule has 0 aromatic carbocycles. The summed E-state index contributed by atoms with van der Waals surface area (Å²) in [4.78, 5) is 15.7. The number of ether oxygens (including phenoxy) is 1. The number of nitrogen functional groups attached to an aromatic ring is 1. The fraction of sp³-hybridized carbons (Fsp3) is 0.500. The maximum Gasteiger partial charge on any atom is 0.251 e. The number of carbonyl (C=O) groups excluding carboxylic acids is 1. The number of nitrogens with zero attached hydrogens (tertiary/aromatic N) is 1. The molecule has 5 heteroatoms. The molecule has 0 radical (unpaired) electrons. The maximum absolute atomic E-state index is 11.8. The standard InChI is InChI=1S/C12H17N3O2/c1-2-17-10-6-9(7-10)15-12(16)8-3-4-14-11(13)5-8/h3-5,9-10H,2,6-7H2,1H3,(H2,13,14)(H,15,16). The minimum absolute atomic E-state index is 0.0981. The summed E-state index contributed by atoms with van der Waals surface area (Å²) >= 11 is 0. The van der Waals surface area contributed by atoms with Gasteiger partial charge in [0.25, 0.3) is 5.91 Å². The molecule has 1 aliphatic rings. The highest BCUT2D eigenvalue weighted by Crippen LogP contribution is 2.23. The van der Waals surface area contributed by atoms with Gasteiger partial charge in [-0.05, 0) is 31.9 Å². The van der Waals surface area contributed by atoms with Crippen LogP contribution in [0.3, 0.4) is 0 Å². The van der Waals surface area contributed by atoms with Crippen LogP contribution in [-0.2, 0) is 4.74 Å². The van der Waals surface area contributed by atoms with E-state index in [9.17, 15) is 4.79 Å². The third-order valence-electron chi connectivity index (χ3n) is 2.88. The first-order valence-electron chi connectivity index (χ1n) is 5.83. The minimum Gasteiger partial charge on any atom is -0.384 e. The molecule has 3 N–H and O–H groups in total. The summed E-state index contributed by atoms with van der Waals surface area (Å²) < 4.78 is 5.43. The number of hydrogen-bond donors (Lipinski definition) is 2. The number of nitrogens with one attached hydrogen (secondary N) is 1. The van der Waals surface area contributed by atoms with Gasteiger partial charge in [-0.25, -0.2) is 4.98 Å². The van der Waals surface area contributed by atoms with Crippen molar-refractivity contribution < 1.29 is 9.53 Å². The van der Waals surface area contributed by atoms with Crippen LogP contribution in [0.15, 0.2) is 18.3 Å². The van der Waals surface area contributed by atoms with Crippen molar-refractivity contribution in [3.63, 3.8) is 0 Å². The number of pyridine rings is 1. The highest BCUT2D eigenvalue weighted by Gasteiger charge is 2.30. The second-order valence-electron chi connectivity index (χ2n) is 4.19. The van der Waals surface area contributed by atoms with Crippen molar-refractivity contribution >= 4 is 11.7 Å². The van der Waals surface area contributed by atoms with E-state index in [-0.39, 0.29) is 11.9 Å². The average molecular weight is 235 g/mol. The first kappa shape index (κ1) is 11.9. The zero-order chi connectivity index (χ0) is 12.3. The highest BCUT2D eigenvalue weighted by atomic mass is 16.5. The molecule has 0 spiro atoms. The Hall–Kier alpha value is -1.62. The zero-order valence-electron chi connectivity index (χ0n) is 9.85. The quantitative estimate of drug-likeness (QED) is 0.815. The molecule has 17 heavy (non-hydrogen) atoms. The van der Waals surface area contributed by atoms with Gasteiger partial charge in [0.1, 0.15) is 5.82 Å². The lowest BCUT2D eigenvalue weighted by atomic mass is 9.89. The first-order chi connectivity index (χ1) is 8.19. The molecular formula is C12H17N3O2. The van der Waals surface area contributed by atoms with Crippen LogP contribution in [0, 0.1) is 0 Å². The van der Waals surface area contributed by atoms with E-state index in [1.165, 1.54) is 6.20 Å². The molecule has 1 aromatic heterocycles. The monoisotopic (exact) mass is 235 g/mol. The van der Waals surface area contributed by atoms with Crippen LogP contribution in [-0.4, -0.2) is 29.6 Å². The van der Waals surface area contributed by atoms with E-state index in [1.54, 1.807) is 12.1 Å². The van der Waals surface area contributed by atoms with Crippen LogP contribution >= 0.6 is 0 Å². The van der Waals surface area contributed by atoms with Gasteiger partial charge in [0, 0.05) is 24.4 Å². The van der Waals surface area contributed by atoms with Crippen molar-refractivity contribution in [2.24, 2.45) is 0 Å². The molecule has 1 saturated carbocycles. The molecule has 0 bridgehead atoms. The largest absolute Gasteiger partial charge is 0.384 e. The van der Waals surface area contributed by atoms with E-state index >= 15 is 0 Å². The Morgan fingerprint density at radius 1 is 1.65 bits per heavy atom. The molecule has 5 nitrogen and oxygen atoms in total. The molecule has 0 aliphatic heterocycles. The van der Waals surface area contributed by atoms with Crippen molar-refractivity contribution in [3.8, 4) is 0 Å². The van der Waals surface area contributed by atoms with Crippen LogP contribution in [0.2, 0.25) is 0 Å². The summed E-state index contributed by atoms with van der Waals surface area (Å²) in [6.45, 7) is 2.71. The van der Waals surface area contributed by atoms with Crippen molar-refractivity contribution in [2.45, 2.75) is 31.9 Å². The number of anilines is 1. The van der Waals surface area contributed by atoms with Crippen molar-refractivity contribution in [1.29, 1.82) is 0 Å². The summed E-state index contributed by atoms with van der Waals surface area (Å²) in [5.41, 5.74) is 6.08. The number of hydrogen-bond acceptors (Lipinski definition) is 4. The predicted octanol–water partition coefficient (Wildman–Crippen LogP) is 0.961. The fourth-order valence-corrected chi connectivity index (χ4v) is 1.91. The van der Waals surface area contributed by atoms with E-state index in [4.69, 9.17) is 10.5 Å². The van der Waals surface area contributed by atoms with Gasteiger partial charge < -0.3 is 15.8 Å². The normalized spacial score (nSPS) is 22.9. The molecule has 1 aliphatic carbocycles. The molecule has 1 amide bonds. The number of amides is 1. The van der Waals surface area contributed by atoms with Crippen LogP contribution in [0.4, 0.5) is 5.82 Å². The Balaban J connectivity index is 1.83. The second kappa shape index (κ2) is 5.14. The van der Waals surface area contributed by atoms with Gasteiger partial charge in [-0.1, -0.05) is 0 Å². The minimum atomic E-state index is -0.0981. The maximum atomic E-state index is 11.8. The zero-order valence-corrected chi connectivity index (χ0v) is 9.85. The Kier molecular flexibility index (Phi) is 3.58. The molecule has 2 rings (SSSR count). The molecule has 0 unspecified atom stereocenters. The van der Waals surface area contributed by atoms with E-state index in [0.29, 0.717) is 17.5 Å². The molecule has 1 heterocycles.